The van der Waals surface area contributed by atoms with E-state index < -0.39 is 11.7 Å². The van der Waals surface area contributed by atoms with Crippen molar-refractivity contribution in [2.45, 2.75) is 19.6 Å². The number of hydrogen-bond donors (Lipinski definition) is 1. The lowest BCUT2D eigenvalue weighted by Gasteiger charge is -2.39. The van der Waals surface area contributed by atoms with E-state index in [1.165, 1.54) is 11.1 Å². The van der Waals surface area contributed by atoms with Gasteiger partial charge < -0.3 is 19.5 Å². The number of aromatic amines is 1. The molecular formula is C28H26N4O4. The minimum Gasteiger partial charge on any atom is -0.488 e. The van der Waals surface area contributed by atoms with Crippen LogP contribution in [0.5, 0.6) is 5.75 Å². The summed E-state index contributed by atoms with van der Waals surface area (Å²) < 4.78 is 6.00. The first kappa shape index (κ1) is 23.3. The van der Waals surface area contributed by atoms with E-state index in [-0.39, 0.29) is 24.1 Å². The molecule has 0 aliphatic carbocycles. The van der Waals surface area contributed by atoms with Crippen molar-refractivity contribution in [1.29, 1.82) is 0 Å². The molecule has 1 aliphatic rings. The van der Waals surface area contributed by atoms with Gasteiger partial charge in [0.1, 0.15) is 18.0 Å². The summed E-state index contributed by atoms with van der Waals surface area (Å²) in [6.45, 7) is 3.16. The topological polar surface area (TPSA) is 95.6 Å². The zero-order chi connectivity index (χ0) is 25.1. The van der Waals surface area contributed by atoms with Crippen molar-refractivity contribution >= 4 is 28.6 Å². The van der Waals surface area contributed by atoms with E-state index in [1.54, 1.807) is 29.3 Å². The number of benzene rings is 2. The molecule has 1 fully saturated rings. The fourth-order valence-electron chi connectivity index (χ4n) is 4.51. The van der Waals surface area contributed by atoms with Gasteiger partial charge in [-0.2, -0.15) is 0 Å². The highest BCUT2D eigenvalue weighted by atomic mass is 16.5. The molecule has 36 heavy (non-hydrogen) atoms. The number of carbonyl (C=O) groups excluding carboxylic acids is 3. The molecule has 2 amide bonds. The van der Waals surface area contributed by atoms with Crippen LogP contribution in [0.15, 0.2) is 79.1 Å². The number of carbonyl (C=O) groups is 3. The third kappa shape index (κ3) is 4.57. The molecule has 4 aromatic rings. The van der Waals surface area contributed by atoms with Gasteiger partial charge in [0.2, 0.25) is 0 Å². The summed E-state index contributed by atoms with van der Waals surface area (Å²) in [6.07, 6.45) is 3.10. The fraction of sp³-hybridized carbons (Fsp3) is 0.214. The van der Waals surface area contributed by atoms with E-state index in [4.69, 9.17) is 4.74 Å². The molecule has 0 radical (unpaired) electrons. The summed E-state index contributed by atoms with van der Waals surface area (Å²) in [5, 5.41) is 0.484. The van der Waals surface area contributed by atoms with Crippen LogP contribution >= 0.6 is 0 Å². The average Bonchev–Trinajstić information content (AvgIpc) is 3.36. The number of rotatable bonds is 6. The Hall–Kier alpha value is -4.46. The summed E-state index contributed by atoms with van der Waals surface area (Å²) >= 11 is 0. The molecule has 2 aromatic heterocycles. The average molecular weight is 483 g/mol. The number of Topliss-reactive ketones (excluding diaryl/α,β-unsaturated/α-hetero) is 1. The first-order chi connectivity index (χ1) is 17.5. The van der Waals surface area contributed by atoms with Gasteiger partial charge in [-0.1, -0.05) is 48.5 Å². The maximum atomic E-state index is 13.4. The van der Waals surface area contributed by atoms with Crippen molar-refractivity contribution in [2.24, 2.45) is 0 Å². The molecule has 0 unspecified atom stereocenters. The van der Waals surface area contributed by atoms with E-state index >= 15 is 0 Å². The first-order valence-electron chi connectivity index (χ1n) is 11.9. The standard InChI is InChI=1S/C28H26N4O4/c1-19-17-31(27(34)21-10-6-3-7-11-21)14-15-32(19)28(35)25(33)22-16-30-26-24(22)23(12-13-29-26)36-18-20-8-4-2-5-9-20/h2-13,16,19H,14-15,17-18H2,1H3,(H,29,30)/t19-/m1/s1. The van der Waals surface area contributed by atoms with Gasteiger partial charge in [0.15, 0.2) is 0 Å². The lowest BCUT2D eigenvalue weighted by Crippen LogP contribution is -2.56. The second kappa shape index (κ2) is 10.0. The molecule has 182 valence electrons. The molecule has 2 aromatic carbocycles. The van der Waals surface area contributed by atoms with Crippen molar-refractivity contribution in [1.82, 2.24) is 19.8 Å². The van der Waals surface area contributed by atoms with Crippen LogP contribution in [-0.2, 0) is 11.4 Å². The van der Waals surface area contributed by atoms with Gasteiger partial charge in [-0.05, 0) is 30.7 Å². The van der Waals surface area contributed by atoms with Crippen molar-refractivity contribution in [3.05, 3.63) is 95.8 Å². The Morgan fingerprint density at radius 3 is 2.44 bits per heavy atom. The van der Waals surface area contributed by atoms with Crippen LogP contribution < -0.4 is 4.74 Å². The van der Waals surface area contributed by atoms with Crippen LogP contribution in [0.3, 0.4) is 0 Å². The first-order valence-corrected chi connectivity index (χ1v) is 11.9. The lowest BCUT2D eigenvalue weighted by atomic mass is 10.1. The molecule has 0 spiro atoms. The number of H-pyrrole nitrogens is 1. The maximum absolute atomic E-state index is 13.4. The maximum Gasteiger partial charge on any atom is 0.295 e. The van der Waals surface area contributed by atoms with Crippen LogP contribution in [-0.4, -0.2) is 63.0 Å². The van der Waals surface area contributed by atoms with E-state index in [1.807, 2.05) is 55.5 Å². The Morgan fingerprint density at radius 2 is 1.72 bits per heavy atom. The molecule has 0 bridgehead atoms. The number of amides is 2. The Balaban J connectivity index is 1.32. The summed E-state index contributed by atoms with van der Waals surface area (Å²) in [5.74, 6) is -0.835. The van der Waals surface area contributed by atoms with Gasteiger partial charge in [0.25, 0.3) is 17.6 Å². The highest BCUT2D eigenvalue weighted by Gasteiger charge is 2.34. The SMILES string of the molecule is C[C@@H]1CN(C(=O)c2ccccc2)CCN1C(=O)C(=O)c1c[nH]c2nccc(OCc3ccccc3)c12. The predicted molar refractivity (Wildman–Crippen MR) is 135 cm³/mol. The van der Waals surface area contributed by atoms with Gasteiger partial charge in [0.05, 0.1) is 10.9 Å². The predicted octanol–water partition coefficient (Wildman–Crippen LogP) is 3.70. The molecule has 3 heterocycles. The third-order valence-electron chi connectivity index (χ3n) is 6.41. The molecular weight excluding hydrogens is 456 g/mol. The monoisotopic (exact) mass is 482 g/mol. The van der Waals surface area contributed by atoms with Crippen molar-refractivity contribution in [2.75, 3.05) is 19.6 Å². The number of fused-ring (bicyclic) bond motifs is 1. The molecule has 1 saturated heterocycles. The number of nitrogens with zero attached hydrogens (tertiary/aromatic N) is 3. The van der Waals surface area contributed by atoms with E-state index in [0.29, 0.717) is 42.0 Å². The van der Waals surface area contributed by atoms with Crippen LogP contribution in [0.2, 0.25) is 0 Å². The lowest BCUT2D eigenvalue weighted by molar-refractivity contribution is -0.130. The Bertz CT molecular complexity index is 1400. The Kier molecular flexibility index (Phi) is 6.49. The normalized spacial score (nSPS) is 15.6. The third-order valence-corrected chi connectivity index (χ3v) is 6.41. The van der Waals surface area contributed by atoms with Gasteiger partial charge in [-0.25, -0.2) is 4.98 Å². The van der Waals surface area contributed by atoms with Crippen molar-refractivity contribution < 1.29 is 19.1 Å². The van der Waals surface area contributed by atoms with Gasteiger partial charge in [0, 0.05) is 43.6 Å². The summed E-state index contributed by atoms with van der Waals surface area (Å²) in [6, 6.07) is 20.1. The minimum absolute atomic E-state index is 0.0798. The number of ether oxygens (including phenoxy) is 1. The van der Waals surface area contributed by atoms with E-state index in [0.717, 1.165) is 5.56 Å². The number of aromatic nitrogens is 2. The Labute approximate surface area is 208 Å². The molecule has 1 N–H and O–H groups in total. The zero-order valence-electron chi connectivity index (χ0n) is 19.9. The van der Waals surface area contributed by atoms with Crippen molar-refractivity contribution in [3.63, 3.8) is 0 Å². The molecule has 5 rings (SSSR count). The molecule has 8 nitrogen and oxygen atoms in total. The summed E-state index contributed by atoms with van der Waals surface area (Å²) in [5.41, 5.74) is 2.29. The minimum atomic E-state index is -0.631. The Morgan fingerprint density at radius 1 is 1.00 bits per heavy atom. The van der Waals surface area contributed by atoms with Gasteiger partial charge in [-0.15, -0.1) is 0 Å². The van der Waals surface area contributed by atoms with Crippen LogP contribution in [0, 0.1) is 0 Å². The van der Waals surface area contributed by atoms with Crippen molar-refractivity contribution in [3.8, 4) is 5.75 Å². The summed E-state index contributed by atoms with van der Waals surface area (Å²) in [7, 11) is 0. The summed E-state index contributed by atoms with van der Waals surface area (Å²) in [4.78, 5) is 50.0. The van der Waals surface area contributed by atoms with Crippen LogP contribution in [0.25, 0.3) is 11.0 Å². The fourth-order valence-corrected chi connectivity index (χ4v) is 4.51. The number of ketones is 1. The smallest absolute Gasteiger partial charge is 0.295 e. The number of pyridine rings is 1. The quantitative estimate of drug-likeness (QED) is 0.334. The van der Waals surface area contributed by atoms with Crippen LogP contribution in [0.4, 0.5) is 0 Å². The largest absolute Gasteiger partial charge is 0.488 e. The highest BCUT2D eigenvalue weighted by Crippen LogP contribution is 2.29. The van der Waals surface area contributed by atoms with E-state index in [2.05, 4.69) is 9.97 Å². The van der Waals surface area contributed by atoms with Gasteiger partial charge in [-0.3, -0.25) is 14.4 Å². The zero-order valence-corrected chi connectivity index (χ0v) is 19.9. The molecule has 1 atom stereocenters. The number of nitrogens with one attached hydrogen (secondary N) is 1. The van der Waals surface area contributed by atoms with Gasteiger partial charge >= 0.3 is 0 Å². The second-order valence-electron chi connectivity index (χ2n) is 8.80. The number of piperazine rings is 1. The molecule has 1 aliphatic heterocycles. The second-order valence-corrected chi connectivity index (χ2v) is 8.80. The van der Waals surface area contributed by atoms with E-state index in [9.17, 15) is 14.4 Å². The highest BCUT2D eigenvalue weighted by molar-refractivity contribution is 6.45. The van der Waals surface area contributed by atoms with Crippen LogP contribution in [0.1, 0.15) is 33.2 Å². The number of hydrogen-bond acceptors (Lipinski definition) is 5. The molecule has 0 saturated carbocycles. The molecule has 8 heteroatoms.